The highest BCUT2D eigenvalue weighted by molar-refractivity contribution is 5.44. The number of rotatable bonds is 2. The molecule has 4 nitrogen and oxygen atoms in total. The molecule has 0 saturated heterocycles. The van der Waals surface area contributed by atoms with Crippen LogP contribution in [-0.2, 0) is 6.42 Å². The van der Waals surface area contributed by atoms with Crippen molar-refractivity contribution in [2.45, 2.75) is 38.6 Å². The van der Waals surface area contributed by atoms with Gasteiger partial charge in [0, 0.05) is 5.54 Å². The SMILES string of the molecule is CC(C)(C)Nc1nc(C2Cc3ccccc32)no1. The van der Waals surface area contributed by atoms with Gasteiger partial charge in [0.25, 0.3) is 0 Å². The van der Waals surface area contributed by atoms with Crippen molar-refractivity contribution in [2.75, 3.05) is 5.32 Å². The molecule has 0 amide bonds. The summed E-state index contributed by atoms with van der Waals surface area (Å²) < 4.78 is 5.24. The lowest BCUT2D eigenvalue weighted by atomic mass is 9.77. The van der Waals surface area contributed by atoms with Gasteiger partial charge in [-0.05, 0) is 38.3 Å². The van der Waals surface area contributed by atoms with E-state index in [1.54, 1.807) is 0 Å². The van der Waals surface area contributed by atoms with E-state index in [1.807, 2.05) is 0 Å². The lowest BCUT2D eigenvalue weighted by molar-refractivity contribution is 0.407. The molecule has 1 aromatic heterocycles. The summed E-state index contributed by atoms with van der Waals surface area (Å²) in [7, 11) is 0. The molecule has 0 fully saturated rings. The third kappa shape index (κ3) is 1.98. The summed E-state index contributed by atoms with van der Waals surface area (Å²) in [5.41, 5.74) is 2.64. The molecule has 0 bridgehead atoms. The quantitative estimate of drug-likeness (QED) is 0.881. The molecule has 1 aliphatic rings. The molecule has 0 radical (unpaired) electrons. The Morgan fingerprint density at radius 3 is 2.78 bits per heavy atom. The Labute approximate surface area is 106 Å². The van der Waals surface area contributed by atoms with Gasteiger partial charge in [0.1, 0.15) is 0 Å². The van der Waals surface area contributed by atoms with Gasteiger partial charge in [0.05, 0.1) is 5.92 Å². The van der Waals surface area contributed by atoms with E-state index in [-0.39, 0.29) is 5.54 Å². The van der Waals surface area contributed by atoms with E-state index in [9.17, 15) is 0 Å². The lowest BCUT2D eigenvalue weighted by Gasteiger charge is -2.27. The van der Waals surface area contributed by atoms with Crippen molar-refractivity contribution in [3.8, 4) is 0 Å². The van der Waals surface area contributed by atoms with Gasteiger partial charge >= 0.3 is 6.01 Å². The molecular weight excluding hydrogens is 226 g/mol. The number of fused-ring (bicyclic) bond motifs is 1. The fraction of sp³-hybridized carbons (Fsp3) is 0.429. The Morgan fingerprint density at radius 1 is 1.28 bits per heavy atom. The van der Waals surface area contributed by atoms with Crippen LogP contribution < -0.4 is 5.32 Å². The van der Waals surface area contributed by atoms with Crippen LogP contribution in [0.3, 0.4) is 0 Å². The summed E-state index contributed by atoms with van der Waals surface area (Å²) in [6.45, 7) is 6.20. The van der Waals surface area contributed by atoms with Crippen molar-refractivity contribution >= 4 is 6.01 Å². The van der Waals surface area contributed by atoms with E-state index in [1.165, 1.54) is 11.1 Å². The first kappa shape index (κ1) is 11.3. The van der Waals surface area contributed by atoms with Gasteiger partial charge in [0.2, 0.25) is 0 Å². The molecule has 1 N–H and O–H groups in total. The van der Waals surface area contributed by atoms with Gasteiger partial charge < -0.3 is 9.84 Å². The van der Waals surface area contributed by atoms with E-state index < -0.39 is 0 Å². The van der Waals surface area contributed by atoms with E-state index in [0.29, 0.717) is 11.9 Å². The van der Waals surface area contributed by atoms with Gasteiger partial charge in [-0.25, -0.2) is 0 Å². The smallest absolute Gasteiger partial charge is 0.321 e. The number of hydrogen-bond acceptors (Lipinski definition) is 4. The molecule has 2 aromatic rings. The predicted molar refractivity (Wildman–Crippen MR) is 69.7 cm³/mol. The Bertz CT molecular complexity index is 568. The van der Waals surface area contributed by atoms with Crippen LogP contribution in [0, 0.1) is 0 Å². The molecular formula is C14H17N3O. The van der Waals surface area contributed by atoms with E-state index in [4.69, 9.17) is 4.52 Å². The number of hydrogen-bond donors (Lipinski definition) is 1. The van der Waals surface area contributed by atoms with Crippen LogP contribution in [0.5, 0.6) is 0 Å². The van der Waals surface area contributed by atoms with Crippen molar-refractivity contribution in [3.05, 3.63) is 41.2 Å². The van der Waals surface area contributed by atoms with Crippen LogP contribution in [0.25, 0.3) is 0 Å². The summed E-state index contributed by atoms with van der Waals surface area (Å²) in [6, 6.07) is 8.91. The van der Waals surface area contributed by atoms with Crippen molar-refractivity contribution in [1.29, 1.82) is 0 Å². The average molecular weight is 243 g/mol. The maximum atomic E-state index is 5.24. The standard InChI is InChI=1S/C14H17N3O/c1-14(2,3)16-13-15-12(17-18-13)11-8-9-6-4-5-7-10(9)11/h4-7,11H,8H2,1-3H3,(H,15,16,17). The maximum Gasteiger partial charge on any atom is 0.321 e. The zero-order valence-electron chi connectivity index (χ0n) is 10.9. The Kier molecular flexibility index (Phi) is 2.40. The van der Waals surface area contributed by atoms with E-state index in [0.717, 1.165) is 12.2 Å². The number of aromatic nitrogens is 2. The van der Waals surface area contributed by atoms with Crippen molar-refractivity contribution in [3.63, 3.8) is 0 Å². The van der Waals surface area contributed by atoms with Crippen LogP contribution in [-0.4, -0.2) is 15.7 Å². The first-order chi connectivity index (χ1) is 8.53. The summed E-state index contributed by atoms with van der Waals surface area (Å²) >= 11 is 0. The molecule has 0 spiro atoms. The van der Waals surface area contributed by atoms with Crippen LogP contribution in [0.1, 0.15) is 43.6 Å². The fourth-order valence-electron chi connectivity index (χ4n) is 2.24. The van der Waals surface area contributed by atoms with Crippen LogP contribution >= 0.6 is 0 Å². The summed E-state index contributed by atoms with van der Waals surface area (Å²) in [5.74, 6) is 1.07. The first-order valence-electron chi connectivity index (χ1n) is 6.22. The fourth-order valence-corrected chi connectivity index (χ4v) is 2.24. The van der Waals surface area contributed by atoms with Gasteiger partial charge in [-0.1, -0.05) is 29.4 Å². The number of anilines is 1. The molecule has 3 rings (SSSR count). The van der Waals surface area contributed by atoms with Gasteiger partial charge in [-0.3, -0.25) is 0 Å². The van der Waals surface area contributed by atoms with E-state index in [2.05, 4.69) is 60.5 Å². The second-order valence-corrected chi connectivity index (χ2v) is 5.79. The monoisotopic (exact) mass is 243 g/mol. The van der Waals surface area contributed by atoms with Crippen LogP contribution in [0.4, 0.5) is 6.01 Å². The zero-order valence-corrected chi connectivity index (χ0v) is 10.9. The number of nitrogens with one attached hydrogen (secondary N) is 1. The Balaban J connectivity index is 1.80. The predicted octanol–water partition coefficient (Wildman–Crippen LogP) is 2.97. The second-order valence-electron chi connectivity index (χ2n) is 5.79. The average Bonchev–Trinajstić information content (AvgIpc) is 2.65. The maximum absolute atomic E-state index is 5.24. The Hall–Kier alpha value is -1.84. The molecule has 1 unspecified atom stereocenters. The molecule has 1 aliphatic carbocycles. The summed E-state index contributed by atoms with van der Waals surface area (Å²) in [6.07, 6.45) is 1.00. The third-order valence-electron chi connectivity index (χ3n) is 3.09. The molecule has 18 heavy (non-hydrogen) atoms. The summed E-state index contributed by atoms with van der Waals surface area (Å²) in [5, 5.41) is 7.26. The molecule has 1 heterocycles. The van der Waals surface area contributed by atoms with Crippen molar-refractivity contribution in [1.82, 2.24) is 10.1 Å². The van der Waals surface area contributed by atoms with Crippen LogP contribution in [0.15, 0.2) is 28.8 Å². The highest BCUT2D eigenvalue weighted by Gasteiger charge is 2.31. The van der Waals surface area contributed by atoms with E-state index >= 15 is 0 Å². The largest absolute Gasteiger partial charge is 0.333 e. The molecule has 1 atom stereocenters. The number of nitrogens with zero attached hydrogens (tertiary/aromatic N) is 2. The molecule has 0 saturated carbocycles. The van der Waals surface area contributed by atoms with Gasteiger partial charge in [0.15, 0.2) is 5.82 Å². The minimum absolute atomic E-state index is 0.0681. The lowest BCUT2D eigenvalue weighted by Crippen LogP contribution is -2.26. The minimum Gasteiger partial charge on any atom is -0.333 e. The number of benzene rings is 1. The molecule has 0 aliphatic heterocycles. The topological polar surface area (TPSA) is 51.0 Å². The molecule has 94 valence electrons. The second kappa shape index (κ2) is 3.83. The summed E-state index contributed by atoms with van der Waals surface area (Å²) in [4.78, 5) is 4.43. The Morgan fingerprint density at radius 2 is 2.06 bits per heavy atom. The molecule has 4 heteroatoms. The van der Waals surface area contributed by atoms with Gasteiger partial charge in [-0.2, -0.15) is 4.98 Å². The molecule has 1 aromatic carbocycles. The highest BCUT2D eigenvalue weighted by Crippen LogP contribution is 2.38. The van der Waals surface area contributed by atoms with Crippen LogP contribution in [0.2, 0.25) is 0 Å². The van der Waals surface area contributed by atoms with Gasteiger partial charge in [-0.15, -0.1) is 0 Å². The first-order valence-corrected chi connectivity index (χ1v) is 6.22. The third-order valence-corrected chi connectivity index (χ3v) is 3.09. The normalized spacial score (nSPS) is 18.1. The minimum atomic E-state index is -0.0681. The van der Waals surface area contributed by atoms with Crippen molar-refractivity contribution < 1.29 is 4.52 Å². The zero-order chi connectivity index (χ0) is 12.8. The van der Waals surface area contributed by atoms with Crippen molar-refractivity contribution in [2.24, 2.45) is 0 Å². The highest BCUT2D eigenvalue weighted by atomic mass is 16.5.